The van der Waals surface area contributed by atoms with Crippen LogP contribution in [0.5, 0.6) is 0 Å². The molecule has 384 valence electrons. The lowest BCUT2D eigenvalue weighted by atomic mass is 9.73. The zero-order chi connectivity index (χ0) is 52.1. The van der Waals surface area contributed by atoms with Crippen LogP contribution in [0.25, 0.3) is 49.9 Å². The highest BCUT2D eigenvalue weighted by molar-refractivity contribution is 7.13. The number of likely N-dealkylation sites (tertiary alicyclic amines) is 1. The minimum absolute atomic E-state index is 0.00815. The van der Waals surface area contributed by atoms with E-state index in [0.29, 0.717) is 54.2 Å². The maximum atomic E-state index is 14.1. The summed E-state index contributed by atoms with van der Waals surface area (Å²) in [4.78, 5) is 75.3. The largest absolute Gasteiger partial charge is 0.391 e. The third-order valence-corrected chi connectivity index (χ3v) is 15.2. The number of hydrogen-bond acceptors (Lipinski definition) is 12. The SMILES string of the molecule is Cc1ncsc1-c1ccc(CNC(=O)[C@@H]2C[C@@H](O)CN2C(=O)[C@@H](NC(=O)CCCCNC(=O)CCc2cccc(-c3ccc4nc(-c5cccnc5N)n(-c5ccc(C6(N)CCC6)cc5)c4n3)c2)C(C)(C)C)cc1. The Labute approximate surface area is 435 Å². The Bertz CT molecular complexity index is 3160. The van der Waals surface area contributed by atoms with Crippen LogP contribution in [0.1, 0.15) is 94.5 Å². The molecule has 9 rings (SSSR count). The molecule has 2 aliphatic rings. The van der Waals surface area contributed by atoms with Gasteiger partial charge in [0.05, 0.1) is 33.4 Å². The number of benzene rings is 3. The number of imidazole rings is 1. The van der Waals surface area contributed by atoms with Crippen LogP contribution >= 0.6 is 11.3 Å². The van der Waals surface area contributed by atoms with Gasteiger partial charge in [0.1, 0.15) is 23.4 Å². The van der Waals surface area contributed by atoms with E-state index >= 15 is 0 Å². The summed E-state index contributed by atoms with van der Waals surface area (Å²) in [5, 5.41) is 19.5. The van der Waals surface area contributed by atoms with Crippen molar-refractivity contribution in [3.8, 4) is 38.8 Å². The lowest BCUT2D eigenvalue weighted by Gasteiger charge is -2.38. The molecule has 2 fully saturated rings. The fraction of sp³-hybridized carbons (Fsp3) is 0.368. The molecule has 0 radical (unpaired) electrons. The second-order valence-electron chi connectivity index (χ2n) is 20.8. The van der Waals surface area contributed by atoms with Crippen LogP contribution in [-0.4, -0.2) is 89.4 Å². The summed E-state index contributed by atoms with van der Waals surface area (Å²) in [6.45, 7) is 8.19. The van der Waals surface area contributed by atoms with E-state index in [2.05, 4.69) is 56.3 Å². The number of nitrogens with zero attached hydrogens (tertiary/aromatic N) is 6. The summed E-state index contributed by atoms with van der Waals surface area (Å²) >= 11 is 1.57. The van der Waals surface area contributed by atoms with Crippen molar-refractivity contribution in [2.24, 2.45) is 11.1 Å². The van der Waals surface area contributed by atoms with Gasteiger partial charge in [-0.3, -0.25) is 23.7 Å². The van der Waals surface area contributed by atoms with Crippen molar-refractivity contribution in [2.75, 3.05) is 18.8 Å². The average molecular weight is 1020 g/mol. The first-order chi connectivity index (χ1) is 35.5. The van der Waals surface area contributed by atoms with Crippen LogP contribution in [0.3, 0.4) is 0 Å². The van der Waals surface area contributed by atoms with Gasteiger partial charge in [-0.05, 0) is 116 Å². The van der Waals surface area contributed by atoms with Crippen LogP contribution in [0, 0.1) is 12.3 Å². The Morgan fingerprint density at radius 1 is 0.865 bits per heavy atom. The fourth-order valence-electron chi connectivity index (χ4n) is 9.82. The molecule has 17 heteroatoms. The topological polar surface area (TPSA) is 236 Å². The number of aliphatic hydroxyl groups is 1. The number of carbonyl (C=O) groups is 4. The molecule has 1 saturated carbocycles. The van der Waals surface area contributed by atoms with Crippen molar-refractivity contribution in [1.29, 1.82) is 0 Å². The van der Waals surface area contributed by atoms with Crippen molar-refractivity contribution in [1.82, 2.24) is 45.4 Å². The lowest BCUT2D eigenvalue weighted by Crippen LogP contribution is -2.57. The predicted molar refractivity (Wildman–Crippen MR) is 288 cm³/mol. The van der Waals surface area contributed by atoms with Crippen molar-refractivity contribution >= 4 is 51.9 Å². The van der Waals surface area contributed by atoms with E-state index in [1.54, 1.807) is 17.5 Å². The maximum absolute atomic E-state index is 14.1. The van der Waals surface area contributed by atoms with Crippen molar-refractivity contribution in [2.45, 2.75) is 116 Å². The summed E-state index contributed by atoms with van der Waals surface area (Å²) in [6, 6.07) is 30.0. The Balaban J connectivity index is 0.756. The molecule has 74 heavy (non-hydrogen) atoms. The second-order valence-corrected chi connectivity index (χ2v) is 21.6. The number of amides is 4. The van der Waals surface area contributed by atoms with E-state index in [9.17, 15) is 24.3 Å². The first kappa shape index (κ1) is 51.6. The number of carbonyl (C=O) groups excluding carboxylic acids is 4. The molecule has 0 bridgehead atoms. The number of β-amino-alcohol motifs (C(OH)–C–C–N with tert-alkyl or cyclic N) is 1. The number of aromatic nitrogens is 5. The smallest absolute Gasteiger partial charge is 0.246 e. The number of unbranched alkanes of at least 4 members (excludes halogenated alkanes) is 1. The van der Waals surface area contributed by atoms with E-state index in [0.717, 1.165) is 69.0 Å². The molecule has 0 spiro atoms. The van der Waals surface area contributed by atoms with Gasteiger partial charge in [0, 0.05) is 61.9 Å². The summed E-state index contributed by atoms with van der Waals surface area (Å²) < 4.78 is 2.01. The van der Waals surface area contributed by atoms with E-state index in [1.807, 2.05) is 105 Å². The summed E-state index contributed by atoms with van der Waals surface area (Å²) in [5.74, 6) is -0.180. The molecule has 3 aromatic carbocycles. The van der Waals surface area contributed by atoms with Gasteiger partial charge in [-0.1, -0.05) is 75.4 Å². The highest BCUT2D eigenvalue weighted by atomic mass is 32.1. The Hall–Kier alpha value is -7.34. The second kappa shape index (κ2) is 22.0. The lowest BCUT2D eigenvalue weighted by molar-refractivity contribution is -0.144. The number of aryl methyl sites for hydroxylation is 2. The number of nitrogen functional groups attached to an aromatic ring is 1. The molecule has 1 saturated heterocycles. The van der Waals surface area contributed by atoms with Crippen LogP contribution in [0.15, 0.2) is 109 Å². The Morgan fingerprint density at radius 2 is 1.65 bits per heavy atom. The minimum atomic E-state index is -0.928. The van der Waals surface area contributed by atoms with Gasteiger partial charge in [-0.25, -0.2) is 19.9 Å². The Morgan fingerprint density at radius 3 is 2.35 bits per heavy atom. The summed E-state index contributed by atoms with van der Waals surface area (Å²) in [5.41, 5.74) is 23.5. The molecule has 16 nitrogen and oxygen atoms in total. The molecular formula is C57H65N11O5S. The minimum Gasteiger partial charge on any atom is -0.391 e. The number of nitrogens with two attached hydrogens (primary N) is 2. The molecular weight excluding hydrogens is 951 g/mol. The highest BCUT2D eigenvalue weighted by Gasteiger charge is 2.44. The zero-order valence-corrected chi connectivity index (χ0v) is 43.3. The molecule has 5 heterocycles. The first-order valence-electron chi connectivity index (χ1n) is 25.5. The third kappa shape index (κ3) is 11.5. The van der Waals surface area contributed by atoms with Crippen LogP contribution < -0.4 is 27.4 Å². The van der Waals surface area contributed by atoms with E-state index in [-0.39, 0.29) is 55.6 Å². The number of anilines is 1. The molecule has 8 N–H and O–H groups in total. The predicted octanol–water partition coefficient (Wildman–Crippen LogP) is 7.53. The highest BCUT2D eigenvalue weighted by Crippen LogP contribution is 2.40. The van der Waals surface area contributed by atoms with Crippen molar-refractivity contribution in [3.63, 3.8) is 0 Å². The monoisotopic (exact) mass is 1020 g/mol. The number of thiazole rings is 1. The first-order valence-corrected chi connectivity index (χ1v) is 26.3. The normalized spacial score (nSPS) is 16.6. The third-order valence-electron chi connectivity index (χ3n) is 14.3. The average Bonchev–Trinajstić information content (AvgIpc) is 4.12. The molecule has 1 aliphatic carbocycles. The van der Waals surface area contributed by atoms with Crippen molar-refractivity contribution < 1.29 is 24.3 Å². The van der Waals surface area contributed by atoms with Gasteiger partial charge in [-0.15, -0.1) is 11.3 Å². The number of pyridine rings is 2. The number of fused-ring (bicyclic) bond motifs is 1. The van der Waals surface area contributed by atoms with Gasteiger partial charge in [0.2, 0.25) is 23.6 Å². The van der Waals surface area contributed by atoms with Crippen molar-refractivity contribution in [3.05, 3.63) is 131 Å². The van der Waals surface area contributed by atoms with Crippen LogP contribution in [-0.2, 0) is 37.7 Å². The summed E-state index contributed by atoms with van der Waals surface area (Å²) in [6.07, 6.45) is 5.94. The van der Waals surface area contributed by atoms with Gasteiger partial charge >= 0.3 is 0 Å². The molecule has 1 aliphatic heterocycles. The fourth-order valence-corrected chi connectivity index (χ4v) is 10.6. The van der Waals surface area contributed by atoms with E-state index in [1.165, 1.54) is 4.90 Å². The molecule has 0 unspecified atom stereocenters. The number of aliphatic hydroxyl groups excluding tert-OH is 1. The van der Waals surface area contributed by atoms with Gasteiger partial charge in [0.25, 0.3) is 0 Å². The van der Waals surface area contributed by atoms with E-state index < -0.39 is 29.5 Å². The quantitative estimate of drug-likeness (QED) is 0.0460. The Kier molecular flexibility index (Phi) is 15.3. The molecule has 3 atom stereocenters. The van der Waals surface area contributed by atoms with Gasteiger partial charge < -0.3 is 37.4 Å². The number of rotatable bonds is 18. The van der Waals surface area contributed by atoms with Crippen LogP contribution in [0.2, 0.25) is 0 Å². The number of nitrogens with one attached hydrogen (secondary N) is 3. The zero-order valence-electron chi connectivity index (χ0n) is 42.4. The van der Waals surface area contributed by atoms with Gasteiger partial charge in [0.15, 0.2) is 11.5 Å². The standard InChI is InChI=1S/C57H65N11O5S/c1-35-49(74-34-63-35)38-17-14-37(15-18-38)32-62-54(72)46-31-42(69)33-67(46)55(73)50(56(2,3)4)66-48(71)13-5-6-28-60-47(70)25-16-36-10-7-11-39(30-36)44-23-24-45-53(64-44)68(52(65-45)43-12-8-29-61-51(43)58)41-21-19-40(20-22-41)57(59)26-9-27-57/h7-8,10-12,14-15,17-24,29-30,34,42,46,50,69H,5-6,9,13,16,25-28,31-33,59H2,1-4H3,(H2,58,61)(H,60,70)(H,62,72)(H,66,71)/t42-,46+,50-/m1/s1. The van der Waals surface area contributed by atoms with Gasteiger partial charge in [-0.2, -0.15) is 0 Å². The summed E-state index contributed by atoms with van der Waals surface area (Å²) in [7, 11) is 0. The molecule has 7 aromatic rings. The van der Waals surface area contributed by atoms with Crippen LogP contribution in [0.4, 0.5) is 5.82 Å². The molecule has 4 amide bonds. The number of hydrogen-bond donors (Lipinski definition) is 6. The maximum Gasteiger partial charge on any atom is 0.246 e. The molecule has 4 aromatic heterocycles. The van der Waals surface area contributed by atoms with E-state index in [4.69, 9.17) is 21.4 Å².